The van der Waals surface area contributed by atoms with Gasteiger partial charge in [-0.3, -0.25) is 15.1 Å². The Bertz CT molecular complexity index is 744. The third-order valence-corrected chi connectivity index (χ3v) is 6.09. The molecule has 0 heterocycles. The number of carboxylic acids is 1. The van der Waals surface area contributed by atoms with Gasteiger partial charge in [0.05, 0.1) is 18.8 Å². The quantitative estimate of drug-likeness (QED) is 0.362. The number of nitrogens with one attached hydrogen (secondary N) is 1. The van der Waals surface area contributed by atoms with Crippen molar-refractivity contribution in [1.82, 2.24) is 5.48 Å². The van der Waals surface area contributed by atoms with Crippen molar-refractivity contribution in [2.75, 3.05) is 6.61 Å². The number of allylic oxidation sites excluding steroid dienone is 1. The van der Waals surface area contributed by atoms with Crippen LogP contribution in [0.2, 0.25) is 0 Å². The first-order valence-corrected chi connectivity index (χ1v) is 10.1. The fourth-order valence-electron chi connectivity index (χ4n) is 4.54. The summed E-state index contributed by atoms with van der Waals surface area (Å²) >= 11 is 0. The Morgan fingerprint density at radius 1 is 1.32 bits per heavy atom. The minimum absolute atomic E-state index is 0.0970. The molecule has 0 aliphatic heterocycles. The lowest BCUT2D eigenvalue weighted by molar-refractivity contribution is -0.137. The third kappa shape index (κ3) is 4.74. The fraction of sp³-hybridized carbons (Fsp3) is 0.591. The van der Waals surface area contributed by atoms with Gasteiger partial charge in [-0.1, -0.05) is 23.8 Å². The maximum Gasteiger partial charge on any atom is 0.303 e. The zero-order valence-electron chi connectivity index (χ0n) is 16.6. The smallest absolute Gasteiger partial charge is 0.303 e. The molecule has 3 rings (SSSR count). The lowest BCUT2D eigenvalue weighted by Gasteiger charge is -2.33. The Hall–Kier alpha value is -1.89. The van der Waals surface area contributed by atoms with Crippen LogP contribution in [0.3, 0.4) is 0 Å². The van der Waals surface area contributed by atoms with Crippen molar-refractivity contribution in [2.24, 2.45) is 11.8 Å². The molecule has 0 amide bonds. The van der Waals surface area contributed by atoms with Gasteiger partial charge in [-0.15, -0.1) is 0 Å². The molecule has 154 valence electrons. The maximum absolute atomic E-state index is 10.6. The number of aryl methyl sites for hydroxylation is 2. The number of carbonyl (C=O) groups is 1. The minimum Gasteiger partial charge on any atom is -0.481 e. The van der Waals surface area contributed by atoms with Crippen molar-refractivity contribution in [3.8, 4) is 0 Å². The molecule has 28 heavy (non-hydrogen) atoms. The molecule has 4 unspecified atom stereocenters. The summed E-state index contributed by atoms with van der Waals surface area (Å²) in [6.07, 6.45) is 2.61. The molecule has 2 aliphatic rings. The number of fused-ring (bicyclic) bond motifs is 1. The van der Waals surface area contributed by atoms with Gasteiger partial charge in [0.15, 0.2) is 0 Å². The average Bonchev–Trinajstić information content (AvgIpc) is 2.86. The van der Waals surface area contributed by atoms with Gasteiger partial charge in [-0.2, -0.15) is 0 Å². The molecule has 0 bridgehead atoms. The van der Waals surface area contributed by atoms with Crippen LogP contribution in [0.5, 0.6) is 0 Å². The molecule has 6 heteroatoms. The minimum atomic E-state index is -0.820. The van der Waals surface area contributed by atoms with Gasteiger partial charge in [0.1, 0.15) is 0 Å². The third-order valence-electron chi connectivity index (χ3n) is 6.09. The number of aliphatic hydroxyl groups is 2. The first kappa shape index (κ1) is 20.8. The van der Waals surface area contributed by atoms with Crippen LogP contribution in [-0.2, 0) is 9.63 Å². The first-order chi connectivity index (χ1) is 13.4. The summed E-state index contributed by atoms with van der Waals surface area (Å²) in [5.74, 6) is -0.293. The van der Waals surface area contributed by atoms with Crippen LogP contribution in [0.25, 0.3) is 0 Å². The van der Waals surface area contributed by atoms with E-state index in [1.807, 2.05) is 26.0 Å². The van der Waals surface area contributed by atoms with Crippen LogP contribution in [-0.4, -0.2) is 34.0 Å². The van der Waals surface area contributed by atoms with Gasteiger partial charge in [-0.05, 0) is 74.5 Å². The van der Waals surface area contributed by atoms with Gasteiger partial charge in [-0.25, -0.2) is 0 Å². The number of hydroxylamine groups is 1. The Morgan fingerprint density at radius 2 is 2.11 bits per heavy atom. The van der Waals surface area contributed by atoms with Crippen LogP contribution >= 0.6 is 0 Å². The number of benzene rings is 1. The van der Waals surface area contributed by atoms with Crippen LogP contribution in [0.15, 0.2) is 29.5 Å². The lowest BCUT2D eigenvalue weighted by atomic mass is 9.77. The van der Waals surface area contributed by atoms with E-state index in [4.69, 9.17) is 9.94 Å². The second kappa shape index (κ2) is 9.07. The second-order valence-electron chi connectivity index (χ2n) is 8.15. The summed E-state index contributed by atoms with van der Waals surface area (Å²) in [6, 6.07) is 6.11. The van der Waals surface area contributed by atoms with E-state index in [-0.39, 0.29) is 18.4 Å². The van der Waals surface area contributed by atoms with Crippen molar-refractivity contribution in [3.63, 3.8) is 0 Å². The van der Waals surface area contributed by atoms with Gasteiger partial charge in [0.2, 0.25) is 0 Å². The largest absolute Gasteiger partial charge is 0.481 e. The van der Waals surface area contributed by atoms with E-state index in [1.165, 1.54) is 11.1 Å². The monoisotopic (exact) mass is 389 g/mol. The van der Waals surface area contributed by atoms with Crippen molar-refractivity contribution in [1.29, 1.82) is 0 Å². The van der Waals surface area contributed by atoms with Gasteiger partial charge < -0.3 is 15.3 Å². The number of aliphatic hydroxyl groups excluding tert-OH is 2. The highest BCUT2D eigenvalue weighted by atomic mass is 16.6. The summed E-state index contributed by atoms with van der Waals surface area (Å²) in [7, 11) is 0. The molecule has 4 atom stereocenters. The van der Waals surface area contributed by atoms with E-state index >= 15 is 0 Å². The molecule has 6 nitrogen and oxygen atoms in total. The molecule has 1 fully saturated rings. The molecule has 0 aromatic heterocycles. The molecule has 0 spiro atoms. The Labute approximate surface area is 166 Å². The first-order valence-electron chi connectivity index (χ1n) is 10.1. The van der Waals surface area contributed by atoms with Crippen molar-refractivity contribution in [3.05, 3.63) is 46.2 Å². The maximum atomic E-state index is 10.6. The van der Waals surface area contributed by atoms with Gasteiger partial charge in [0, 0.05) is 12.1 Å². The molecule has 4 N–H and O–H groups in total. The number of rotatable bonds is 10. The standard InChI is InChI=1S/C22H31NO5/c1-13-5-6-15(14(2)10-13)20(24)8-7-16-17-11-19(18(17)12-21(16)25)23-28-9-3-4-22(26)27/h5-6,10,16-17,20-21,23-25H,3-4,7-9,11-12H2,1-2H3,(H,26,27). The highest BCUT2D eigenvalue weighted by molar-refractivity contribution is 5.66. The van der Waals surface area contributed by atoms with Crippen LogP contribution in [0, 0.1) is 25.7 Å². The van der Waals surface area contributed by atoms with Crippen LogP contribution in [0.1, 0.15) is 61.3 Å². The number of hydrogen-bond donors (Lipinski definition) is 4. The molecule has 1 aromatic carbocycles. The normalized spacial score (nSPS) is 24.6. The van der Waals surface area contributed by atoms with Gasteiger partial charge in [0.25, 0.3) is 0 Å². The zero-order valence-corrected chi connectivity index (χ0v) is 16.6. The molecule has 0 saturated heterocycles. The second-order valence-corrected chi connectivity index (χ2v) is 8.15. The van der Waals surface area contributed by atoms with E-state index in [0.29, 0.717) is 31.8 Å². The van der Waals surface area contributed by atoms with Crippen molar-refractivity contribution >= 4 is 5.97 Å². The van der Waals surface area contributed by atoms with Crippen LogP contribution < -0.4 is 5.48 Å². The summed E-state index contributed by atoms with van der Waals surface area (Å²) in [4.78, 5) is 15.8. The molecule has 0 radical (unpaired) electrons. The molecular formula is C22H31NO5. The highest BCUT2D eigenvalue weighted by Crippen LogP contribution is 2.51. The van der Waals surface area contributed by atoms with Crippen molar-refractivity contribution in [2.45, 2.75) is 64.6 Å². The molecule has 1 saturated carbocycles. The summed E-state index contributed by atoms with van der Waals surface area (Å²) in [5.41, 5.74) is 8.45. The molecular weight excluding hydrogens is 358 g/mol. The zero-order chi connectivity index (χ0) is 20.3. The van der Waals surface area contributed by atoms with E-state index in [2.05, 4.69) is 11.5 Å². The Morgan fingerprint density at radius 3 is 2.82 bits per heavy atom. The summed E-state index contributed by atoms with van der Waals surface area (Å²) in [5, 5.41) is 29.7. The summed E-state index contributed by atoms with van der Waals surface area (Å²) in [6.45, 7) is 4.42. The predicted octanol–water partition coefficient (Wildman–Crippen LogP) is 3.16. The number of aliphatic carboxylic acids is 1. The Kier molecular flexibility index (Phi) is 6.75. The van der Waals surface area contributed by atoms with Crippen LogP contribution in [0.4, 0.5) is 0 Å². The van der Waals surface area contributed by atoms with Crippen molar-refractivity contribution < 1.29 is 25.0 Å². The number of carboxylic acid groups (broad SMARTS) is 1. The topological polar surface area (TPSA) is 99.0 Å². The van der Waals surface area contributed by atoms with E-state index in [1.54, 1.807) is 0 Å². The van der Waals surface area contributed by atoms with Gasteiger partial charge >= 0.3 is 5.97 Å². The number of hydrogen-bond acceptors (Lipinski definition) is 5. The summed E-state index contributed by atoms with van der Waals surface area (Å²) < 4.78 is 0. The SMILES string of the molecule is Cc1ccc(C(O)CCC2C(O)CC3=C(NOCCCC(=O)O)CC32)c(C)c1. The predicted molar refractivity (Wildman–Crippen MR) is 105 cm³/mol. The highest BCUT2D eigenvalue weighted by Gasteiger charge is 2.45. The average molecular weight is 389 g/mol. The van der Waals surface area contributed by atoms with E-state index < -0.39 is 12.1 Å². The molecule has 1 aromatic rings. The lowest BCUT2D eigenvalue weighted by Crippen LogP contribution is -2.30. The fourth-order valence-corrected chi connectivity index (χ4v) is 4.54. The van der Waals surface area contributed by atoms with E-state index in [0.717, 1.165) is 29.7 Å². The molecule has 2 aliphatic carbocycles. The Balaban J connectivity index is 1.47. The van der Waals surface area contributed by atoms with E-state index in [9.17, 15) is 15.0 Å².